The molecule has 0 saturated carbocycles. The van der Waals surface area contributed by atoms with E-state index in [0.29, 0.717) is 32.8 Å². The number of oxazole rings is 1. The summed E-state index contributed by atoms with van der Waals surface area (Å²) in [6.45, 7) is 1.62. The number of rotatable bonds is 7. The number of nitrogens with zero attached hydrogens (tertiary/aromatic N) is 1. The van der Waals surface area contributed by atoms with Gasteiger partial charge in [-0.3, -0.25) is 4.79 Å². The summed E-state index contributed by atoms with van der Waals surface area (Å²) in [7, 11) is -2.26. The molecule has 1 N–H and O–H groups in total. The number of ether oxygens (including phenoxy) is 1. The first kappa shape index (κ1) is 22.1. The van der Waals surface area contributed by atoms with Gasteiger partial charge in [-0.25, -0.2) is 13.4 Å². The number of hydrogen-bond acceptors (Lipinski definition) is 6. The van der Waals surface area contributed by atoms with E-state index in [2.05, 4.69) is 10.3 Å². The number of aryl methyl sites for hydroxylation is 1. The van der Waals surface area contributed by atoms with Gasteiger partial charge < -0.3 is 14.5 Å². The van der Waals surface area contributed by atoms with Crippen LogP contribution in [0.2, 0.25) is 10.0 Å². The Morgan fingerprint density at radius 2 is 1.87 bits per heavy atom. The van der Waals surface area contributed by atoms with Crippen LogP contribution in [0.5, 0.6) is 5.75 Å². The zero-order valence-corrected chi connectivity index (χ0v) is 18.4. The normalized spacial score (nSPS) is 11.3. The first-order chi connectivity index (χ1) is 14.1. The largest absolute Gasteiger partial charge is 0.497 e. The average Bonchev–Trinajstić information content (AvgIpc) is 3.00. The summed E-state index contributed by atoms with van der Waals surface area (Å²) in [5, 5.41) is 3.13. The Balaban J connectivity index is 1.72. The molecule has 0 bridgehead atoms. The lowest BCUT2D eigenvalue weighted by Gasteiger charge is -2.07. The van der Waals surface area contributed by atoms with Crippen LogP contribution >= 0.6 is 23.2 Å². The quantitative estimate of drug-likeness (QED) is 0.547. The molecule has 0 fully saturated rings. The van der Waals surface area contributed by atoms with Gasteiger partial charge in [0.05, 0.1) is 18.6 Å². The number of nitrogens with one attached hydrogen (secondary N) is 1. The van der Waals surface area contributed by atoms with E-state index in [1.807, 2.05) is 0 Å². The maximum atomic E-state index is 12.5. The van der Waals surface area contributed by atoms with Gasteiger partial charge in [-0.1, -0.05) is 29.3 Å². The predicted octanol–water partition coefficient (Wildman–Crippen LogP) is 4.52. The molecule has 0 aliphatic rings. The van der Waals surface area contributed by atoms with Crippen molar-refractivity contribution in [2.24, 2.45) is 0 Å². The Morgan fingerprint density at radius 1 is 1.17 bits per heavy atom. The SMILES string of the molecule is COc1cccc(-c2nc(CS(=O)(=O)CC(=O)Nc3cc(Cl)cc(Cl)c3)c(C)o2)c1. The molecule has 1 aromatic heterocycles. The van der Waals surface area contributed by atoms with Crippen molar-refractivity contribution < 1.29 is 22.4 Å². The maximum absolute atomic E-state index is 12.5. The maximum Gasteiger partial charge on any atom is 0.239 e. The molecule has 0 aliphatic heterocycles. The van der Waals surface area contributed by atoms with Crippen LogP contribution in [0.4, 0.5) is 5.69 Å². The molecule has 0 radical (unpaired) electrons. The van der Waals surface area contributed by atoms with Gasteiger partial charge in [0.2, 0.25) is 11.8 Å². The monoisotopic (exact) mass is 468 g/mol. The summed E-state index contributed by atoms with van der Waals surface area (Å²) in [6.07, 6.45) is 0. The Hall–Kier alpha value is -2.55. The first-order valence-electron chi connectivity index (χ1n) is 8.72. The lowest BCUT2D eigenvalue weighted by atomic mass is 10.2. The standard InChI is InChI=1S/C20H18Cl2N2O5S/c1-12-18(24-20(29-12)13-4-3-5-17(6-13)28-2)10-30(26,27)11-19(25)23-16-8-14(21)7-15(22)9-16/h3-9H,10-11H2,1-2H3,(H,23,25). The number of methoxy groups -OCH3 is 1. The minimum Gasteiger partial charge on any atom is -0.497 e. The minimum absolute atomic E-state index is 0.242. The summed E-state index contributed by atoms with van der Waals surface area (Å²) in [6, 6.07) is 11.5. The van der Waals surface area contributed by atoms with E-state index in [1.54, 1.807) is 38.3 Å². The minimum atomic E-state index is -3.80. The van der Waals surface area contributed by atoms with Crippen LogP contribution in [0.15, 0.2) is 46.9 Å². The van der Waals surface area contributed by atoms with Gasteiger partial charge in [-0.05, 0) is 43.3 Å². The van der Waals surface area contributed by atoms with Gasteiger partial charge in [0.15, 0.2) is 9.84 Å². The van der Waals surface area contributed by atoms with Crippen molar-refractivity contribution in [3.8, 4) is 17.2 Å². The number of hydrogen-bond donors (Lipinski definition) is 1. The van der Waals surface area contributed by atoms with Gasteiger partial charge in [0.25, 0.3) is 0 Å². The highest BCUT2D eigenvalue weighted by Gasteiger charge is 2.22. The van der Waals surface area contributed by atoms with Crippen molar-refractivity contribution in [2.75, 3.05) is 18.2 Å². The molecule has 1 amide bonds. The molecule has 0 unspecified atom stereocenters. The smallest absolute Gasteiger partial charge is 0.239 e. The van der Waals surface area contributed by atoms with Gasteiger partial charge in [0.1, 0.15) is 17.3 Å². The van der Waals surface area contributed by atoms with Crippen LogP contribution in [0.25, 0.3) is 11.5 Å². The van der Waals surface area contributed by atoms with Crippen LogP contribution in [0.1, 0.15) is 11.5 Å². The van der Waals surface area contributed by atoms with Crippen molar-refractivity contribution in [1.82, 2.24) is 4.98 Å². The van der Waals surface area contributed by atoms with Crippen molar-refractivity contribution in [2.45, 2.75) is 12.7 Å². The van der Waals surface area contributed by atoms with Crippen LogP contribution in [-0.4, -0.2) is 32.2 Å². The van der Waals surface area contributed by atoms with Crippen LogP contribution in [0.3, 0.4) is 0 Å². The Labute approximate surface area is 183 Å². The molecular formula is C20H18Cl2N2O5S. The van der Waals surface area contributed by atoms with E-state index in [1.165, 1.54) is 18.2 Å². The summed E-state index contributed by atoms with van der Waals surface area (Å²) in [4.78, 5) is 16.5. The first-order valence-corrected chi connectivity index (χ1v) is 11.3. The Kier molecular flexibility index (Phi) is 6.70. The topological polar surface area (TPSA) is 98.5 Å². The zero-order valence-electron chi connectivity index (χ0n) is 16.1. The third-order valence-electron chi connectivity index (χ3n) is 4.06. The van der Waals surface area contributed by atoms with E-state index in [9.17, 15) is 13.2 Å². The van der Waals surface area contributed by atoms with Gasteiger partial charge in [0, 0.05) is 21.3 Å². The van der Waals surface area contributed by atoms with E-state index >= 15 is 0 Å². The fourth-order valence-corrected chi connectivity index (χ4v) is 4.51. The molecule has 7 nitrogen and oxygen atoms in total. The average molecular weight is 469 g/mol. The number of anilines is 1. The van der Waals surface area contributed by atoms with Crippen molar-refractivity contribution in [3.63, 3.8) is 0 Å². The second kappa shape index (κ2) is 9.07. The highest BCUT2D eigenvalue weighted by Crippen LogP contribution is 2.26. The molecule has 1 heterocycles. The molecule has 0 aliphatic carbocycles. The van der Waals surface area contributed by atoms with Gasteiger partial charge >= 0.3 is 0 Å². The van der Waals surface area contributed by atoms with Crippen LogP contribution in [-0.2, 0) is 20.4 Å². The number of carbonyl (C=O) groups excluding carboxylic acids is 1. The Bertz CT molecular complexity index is 1170. The molecule has 0 spiro atoms. The second-order valence-electron chi connectivity index (χ2n) is 6.49. The lowest BCUT2D eigenvalue weighted by Crippen LogP contribution is -2.24. The number of aromatic nitrogens is 1. The van der Waals surface area contributed by atoms with Gasteiger partial charge in [-0.15, -0.1) is 0 Å². The molecule has 3 rings (SSSR count). The molecule has 30 heavy (non-hydrogen) atoms. The van der Waals surface area contributed by atoms with E-state index in [0.717, 1.165) is 0 Å². The van der Waals surface area contributed by atoms with Crippen LogP contribution < -0.4 is 10.1 Å². The third-order valence-corrected chi connectivity index (χ3v) is 5.92. The van der Waals surface area contributed by atoms with E-state index in [-0.39, 0.29) is 11.6 Å². The molecule has 10 heteroatoms. The second-order valence-corrected chi connectivity index (χ2v) is 9.43. The fourth-order valence-electron chi connectivity index (χ4n) is 2.72. The highest BCUT2D eigenvalue weighted by atomic mass is 35.5. The zero-order chi connectivity index (χ0) is 21.9. The van der Waals surface area contributed by atoms with Crippen molar-refractivity contribution in [3.05, 3.63) is 64.0 Å². The predicted molar refractivity (Wildman–Crippen MR) is 116 cm³/mol. The molecule has 0 atom stereocenters. The summed E-state index contributed by atoms with van der Waals surface area (Å²) in [5.41, 5.74) is 1.20. The number of sulfone groups is 1. The van der Waals surface area contributed by atoms with Crippen molar-refractivity contribution >= 4 is 44.6 Å². The fraction of sp³-hybridized carbons (Fsp3) is 0.200. The third kappa shape index (κ3) is 5.75. The molecule has 0 saturated heterocycles. The molecule has 3 aromatic rings. The molecule has 2 aromatic carbocycles. The molecule has 158 valence electrons. The summed E-state index contributed by atoms with van der Waals surface area (Å²) < 4.78 is 35.8. The highest BCUT2D eigenvalue weighted by molar-refractivity contribution is 7.91. The number of amides is 1. The van der Waals surface area contributed by atoms with E-state index in [4.69, 9.17) is 32.4 Å². The Morgan fingerprint density at radius 3 is 2.53 bits per heavy atom. The summed E-state index contributed by atoms with van der Waals surface area (Å²) >= 11 is 11.8. The molecular weight excluding hydrogens is 451 g/mol. The summed E-state index contributed by atoms with van der Waals surface area (Å²) in [5.74, 6) is -0.612. The van der Waals surface area contributed by atoms with E-state index < -0.39 is 27.3 Å². The van der Waals surface area contributed by atoms with Crippen molar-refractivity contribution in [1.29, 1.82) is 0 Å². The number of benzene rings is 2. The lowest BCUT2D eigenvalue weighted by molar-refractivity contribution is -0.113. The number of carbonyl (C=O) groups is 1. The van der Waals surface area contributed by atoms with Crippen LogP contribution in [0, 0.1) is 6.92 Å². The van der Waals surface area contributed by atoms with Gasteiger partial charge in [-0.2, -0.15) is 0 Å². The number of halogens is 2.